The first-order valence-electron chi connectivity index (χ1n) is 12.9. The van der Waals surface area contributed by atoms with Gasteiger partial charge in [0, 0.05) is 29.1 Å². The van der Waals surface area contributed by atoms with E-state index in [1.807, 2.05) is 0 Å². The zero-order valence-electron chi connectivity index (χ0n) is 22.0. The number of primary amides is 1. The van der Waals surface area contributed by atoms with Crippen molar-refractivity contribution in [3.05, 3.63) is 41.3 Å². The second kappa shape index (κ2) is 10.8. The van der Waals surface area contributed by atoms with Crippen LogP contribution < -0.4 is 10.5 Å². The van der Waals surface area contributed by atoms with Gasteiger partial charge in [0.2, 0.25) is 10.0 Å². The first-order valence-corrected chi connectivity index (χ1v) is 15.2. The number of nitrogens with two attached hydrogens (primary N) is 1. The standard InChI is InChI=1S/C27H35N3O6S2/c1-26(2,3)29-38(34,35)22-9-5-4-8-19(22)20-10-11-21(37-20)23(31)30-16-12-18(13-17-30)24(32)36-27(25(28)33)14-6-7-15-27/h4-5,8-11,18,29H,6-7,12-17H2,1-3H3,(H2,28,33). The van der Waals surface area contributed by atoms with E-state index in [1.54, 1.807) is 62.1 Å². The van der Waals surface area contributed by atoms with Crippen molar-refractivity contribution in [3.63, 3.8) is 0 Å². The minimum atomic E-state index is -3.77. The Morgan fingerprint density at radius 3 is 2.29 bits per heavy atom. The number of hydrogen-bond acceptors (Lipinski definition) is 7. The molecule has 0 spiro atoms. The predicted octanol–water partition coefficient (Wildman–Crippen LogP) is 3.69. The molecule has 206 valence electrons. The molecule has 3 N–H and O–H groups in total. The molecule has 1 saturated carbocycles. The molecule has 1 aromatic carbocycles. The van der Waals surface area contributed by atoms with Crippen LogP contribution in [0.15, 0.2) is 41.3 Å². The van der Waals surface area contributed by atoms with Crippen LogP contribution in [0.3, 0.4) is 0 Å². The van der Waals surface area contributed by atoms with E-state index >= 15 is 0 Å². The molecule has 2 fully saturated rings. The molecule has 9 nitrogen and oxygen atoms in total. The lowest BCUT2D eigenvalue weighted by Crippen LogP contribution is -2.48. The molecular weight excluding hydrogens is 526 g/mol. The van der Waals surface area contributed by atoms with Gasteiger partial charge in [-0.1, -0.05) is 18.2 Å². The number of carbonyl (C=O) groups is 3. The molecule has 0 radical (unpaired) electrons. The summed E-state index contributed by atoms with van der Waals surface area (Å²) in [5, 5.41) is 0. The lowest BCUT2D eigenvalue weighted by atomic mass is 9.95. The zero-order chi connectivity index (χ0) is 27.7. The van der Waals surface area contributed by atoms with E-state index < -0.39 is 33.0 Å². The molecule has 1 aliphatic heterocycles. The fourth-order valence-electron chi connectivity index (χ4n) is 5.06. The van der Waals surface area contributed by atoms with Gasteiger partial charge < -0.3 is 15.4 Å². The maximum absolute atomic E-state index is 13.2. The van der Waals surface area contributed by atoms with Gasteiger partial charge in [-0.2, -0.15) is 0 Å². The highest BCUT2D eigenvalue weighted by Crippen LogP contribution is 2.36. The summed E-state index contributed by atoms with van der Waals surface area (Å²) in [6.07, 6.45) is 3.41. The monoisotopic (exact) mass is 561 g/mol. The number of thiophene rings is 1. The Labute approximate surface area is 227 Å². The first kappa shape index (κ1) is 28.3. The van der Waals surface area contributed by atoms with Crippen molar-refractivity contribution < 1.29 is 27.5 Å². The normalized spacial score (nSPS) is 18.3. The average Bonchev–Trinajstić information content (AvgIpc) is 3.53. The second-order valence-corrected chi connectivity index (χ2v) is 13.8. The van der Waals surface area contributed by atoms with Crippen LogP contribution in [0.1, 0.15) is 69.0 Å². The number of sulfonamides is 1. The quantitative estimate of drug-likeness (QED) is 0.495. The van der Waals surface area contributed by atoms with Gasteiger partial charge in [0.1, 0.15) is 0 Å². The molecule has 0 atom stereocenters. The summed E-state index contributed by atoms with van der Waals surface area (Å²) < 4.78 is 34.4. The summed E-state index contributed by atoms with van der Waals surface area (Å²) in [7, 11) is -3.77. The third-order valence-corrected chi connectivity index (χ3v) is 9.89. The Morgan fingerprint density at radius 1 is 1.05 bits per heavy atom. The maximum atomic E-state index is 13.2. The smallest absolute Gasteiger partial charge is 0.310 e. The molecule has 4 rings (SSSR count). The Hall–Kier alpha value is -2.76. The van der Waals surface area contributed by atoms with Gasteiger partial charge in [-0.15, -0.1) is 11.3 Å². The number of amides is 2. The van der Waals surface area contributed by atoms with Crippen molar-refractivity contribution in [3.8, 4) is 10.4 Å². The van der Waals surface area contributed by atoms with E-state index in [0.29, 0.717) is 54.1 Å². The van der Waals surface area contributed by atoms with Crippen molar-refractivity contribution in [1.29, 1.82) is 0 Å². The largest absolute Gasteiger partial charge is 0.449 e. The number of likely N-dealkylation sites (tertiary alicyclic amines) is 1. The lowest BCUT2D eigenvalue weighted by molar-refractivity contribution is -0.171. The summed E-state index contributed by atoms with van der Waals surface area (Å²) in [6, 6.07) is 10.2. The average molecular weight is 562 g/mol. The fourth-order valence-corrected chi connectivity index (χ4v) is 7.77. The van der Waals surface area contributed by atoms with Gasteiger partial charge in [0.15, 0.2) is 5.60 Å². The van der Waals surface area contributed by atoms with Crippen LogP contribution >= 0.6 is 11.3 Å². The Morgan fingerprint density at radius 2 is 1.68 bits per heavy atom. The Bertz CT molecular complexity index is 1310. The number of hydrogen-bond donors (Lipinski definition) is 2. The SMILES string of the molecule is CC(C)(C)NS(=O)(=O)c1ccccc1-c1ccc(C(=O)N2CCC(C(=O)OC3(C(N)=O)CCCC3)CC2)s1. The minimum absolute atomic E-state index is 0.158. The van der Waals surface area contributed by atoms with E-state index in [4.69, 9.17) is 10.5 Å². The topological polar surface area (TPSA) is 136 Å². The summed E-state index contributed by atoms with van der Waals surface area (Å²) in [5.41, 5.74) is 4.24. The zero-order valence-corrected chi connectivity index (χ0v) is 23.6. The summed E-state index contributed by atoms with van der Waals surface area (Å²) in [5.74, 6) is -1.56. The third-order valence-electron chi connectivity index (χ3n) is 6.97. The van der Waals surface area contributed by atoms with Crippen molar-refractivity contribution in [2.45, 2.75) is 75.3 Å². The molecule has 11 heteroatoms. The first-order chi connectivity index (χ1) is 17.8. The fraction of sp³-hybridized carbons (Fsp3) is 0.519. The highest BCUT2D eigenvalue weighted by molar-refractivity contribution is 7.89. The van der Waals surface area contributed by atoms with Gasteiger partial charge in [-0.3, -0.25) is 14.4 Å². The molecule has 0 unspecified atom stereocenters. The number of nitrogens with zero attached hydrogens (tertiary/aromatic N) is 1. The third kappa shape index (κ3) is 6.10. The van der Waals surface area contributed by atoms with Crippen LogP contribution in [0.2, 0.25) is 0 Å². The molecule has 0 bridgehead atoms. The lowest BCUT2D eigenvalue weighted by Gasteiger charge is -2.33. The van der Waals surface area contributed by atoms with Crippen molar-refractivity contribution >= 4 is 39.1 Å². The van der Waals surface area contributed by atoms with Crippen LogP contribution in [0.5, 0.6) is 0 Å². The molecule has 2 aliphatic rings. The van der Waals surface area contributed by atoms with Gasteiger partial charge in [-0.25, -0.2) is 13.1 Å². The van der Waals surface area contributed by atoms with Gasteiger partial charge in [0.25, 0.3) is 11.8 Å². The van der Waals surface area contributed by atoms with Crippen LogP contribution in [-0.4, -0.2) is 55.3 Å². The number of benzene rings is 1. The van der Waals surface area contributed by atoms with Crippen LogP contribution in [0.25, 0.3) is 10.4 Å². The molecule has 1 aromatic heterocycles. The molecule has 1 aliphatic carbocycles. The minimum Gasteiger partial charge on any atom is -0.449 e. The summed E-state index contributed by atoms with van der Waals surface area (Å²) in [6.45, 7) is 6.11. The molecule has 38 heavy (non-hydrogen) atoms. The predicted molar refractivity (Wildman–Crippen MR) is 145 cm³/mol. The van der Waals surface area contributed by atoms with Crippen molar-refractivity contribution in [1.82, 2.24) is 9.62 Å². The van der Waals surface area contributed by atoms with Crippen molar-refractivity contribution in [2.24, 2.45) is 11.7 Å². The number of carbonyl (C=O) groups excluding carboxylic acids is 3. The van der Waals surface area contributed by atoms with Gasteiger partial charge in [0.05, 0.1) is 15.7 Å². The van der Waals surface area contributed by atoms with E-state index in [1.165, 1.54) is 11.3 Å². The van der Waals surface area contributed by atoms with Gasteiger partial charge >= 0.3 is 5.97 Å². The summed E-state index contributed by atoms with van der Waals surface area (Å²) in [4.78, 5) is 41.0. The highest BCUT2D eigenvalue weighted by Gasteiger charge is 2.45. The number of piperidine rings is 1. The Kier molecular flexibility index (Phi) is 8.02. The number of nitrogens with one attached hydrogen (secondary N) is 1. The Balaban J connectivity index is 1.42. The van der Waals surface area contributed by atoms with Crippen LogP contribution in [0, 0.1) is 5.92 Å². The molecular formula is C27H35N3O6S2. The summed E-state index contributed by atoms with van der Waals surface area (Å²) >= 11 is 1.24. The molecule has 2 heterocycles. The molecule has 2 amide bonds. The molecule has 1 saturated heterocycles. The van der Waals surface area contributed by atoms with E-state index in [2.05, 4.69) is 4.72 Å². The van der Waals surface area contributed by atoms with E-state index in [-0.39, 0.29) is 16.7 Å². The van der Waals surface area contributed by atoms with Crippen LogP contribution in [0.4, 0.5) is 0 Å². The van der Waals surface area contributed by atoms with Gasteiger partial charge in [-0.05, 0) is 77.5 Å². The maximum Gasteiger partial charge on any atom is 0.310 e. The van der Waals surface area contributed by atoms with E-state index in [9.17, 15) is 22.8 Å². The second-order valence-electron chi connectivity index (χ2n) is 11.1. The van der Waals surface area contributed by atoms with Crippen molar-refractivity contribution in [2.75, 3.05) is 13.1 Å². The number of esters is 1. The number of ether oxygens (including phenoxy) is 1. The highest BCUT2D eigenvalue weighted by atomic mass is 32.2. The number of rotatable bonds is 7. The van der Waals surface area contributed by atoms with Crippen LogP contribution in [-0.2, 0) is 24.3 Å². The molecule has 2 aromatic rings. The van der Waals surface area contributed by atoms with E-state index in [0.717, 1.165) is 12.8 Å².